The average molecular weight is 484 g/mol. The topological polar surface area (TPSA) is 93.8 Å². The summed E-state index contributed by atoms with van der Waals surface area (Å²) in [6.07, 6.45) is 6.71. The smallest absolute Gasteiger partial charge is 0.246 e. The van der Waals surface area contributed by atoms with Gasteiger partial charge in [-0.3, -0.25) is 14.4 Å². The summed E-state index contributed by atoms with van der Waals surface area (Å²) in [6, 6.07) is 7.10. The highest BCUT2D eigenvalue weighted by molar-refractivity contribution is 5.93. The van der Waals surface area contributed by atoms with Crippen molar-refractivity contribution < 1.29 is 14.4 Å². The number of hydrogen-bond acceptors (Lipinski definition) is 5. The van der Waals surface area contributed by atoms with Gasteiger partial charge in [0.15, 0.2) is 0 Å². The molecule has 0 saturated carbocycles. The van der Waals surface area contributed by atoms with Crippen LogP contribution in [-0.2, 0) is 20.8 Å². The Hall–Kier alpha value is -2.45. The van der Waals surface area contributed by atoms with Gasteiger partial charge in [-0.2, -0.15) is 0 Å². The molecule has 8 heteroatoms. The van der Waals surface area contributed by atoms with Crippen molar-refractivity contribution >= 4 is 17.7 Å². The fraction of sp³-hybridized carbons (Fsp3) is 0.667. The summed E-state index contributed by atoms with van der Waals surface area (Å²) in [7, 11) is 5.86. The number of fused-ring (bicyclic) bond motifs is 2. The van der Waals surface area contributed by atoms with E-state index in [9.17, 15) is 14.4 Å². The molecule has 192 valence electrons. The normalized spacial score (nSPS) is 29.6. The van der Waals surface area contributed by atoms with Crippen LogP contribution in [0.15, 0.2) is 24.3 Å². The van der Waals surface area contributed by atoms with Crippen LogP contribution in [0.25, 0.3) is 0 Å². The summed E-state index contributed by atoms with van der Waals surface area (Å²) < 4.78 is 0. The Morgan fingerprint density at radius 2 is 1.80 bits per heavy atom. The van der Waals surface area contributed by atoms with Crippen molar-refractivity contribution in [1.82, 2.24) is 25.8 Å². The van der Waals surface area contributed by atoms with Crippen LogP contribution < -0.4 is 16.0 Å². The minimum Gasteiger partial charge on any atom is -0.347 e. The second-order valence-electron chi connectivity index (χ2n) is 10.6. The van der Waals surface area contributed by atoms with Crippen LogP contribution in [0.3, 0.4) is 0 Å². The van der Waals surface area contributed by atoms with E-state index in [-0.39, 0.29) is 29.8 Å². The number of amides is 3. The molecule has 1 aromatic rings. The van der Waals surface area contributed by atoms with Crippen LogP contribution >= 0.6 is 0 Å². The van der Waals surface area contributed by atoms with Crippen molar-refractivity contribution in [3.8, 4) is 0 Å². The van der Waals surface area contributed by atoms with E-state index in [0.29, 0.717) is 18.9 Å². The third kappa shape index (κ3) is 5.54. The molecular weight excluding hydrogens is 442 g/mol. The molecule has 3 amide bonds. The highest BCUT2D eigenvalue weighted by Crippen LogP contribution is 2.34. The first kappa shape index (κ1) is 25.6. The molecule has 2 fully saturated rings. The molecular formula is C27H41N5O3. The zero-order valence-corrected chi connectivity index (χ0v) is 21.5. The Bertz CT molecular complexity index is 935. The second kappa shape index (κ2) is 11.1. The summed E-state index contributed by atoms with van der Waals surface area (Å²) in [5.41, 5.74) is 2.49. The Labute approximate surface area is 209 Å². The molecule has 0 aromatic heterocycles. The van der Waals surface area contributed by atoms with Crippen molar-refractivity contribution in [1.29, 1.82) is 0 Å². The Kier molecular flexibility index (Phi) is 8.12. The molecule has 4 rings (SSSR count). The van der Waals surface area contributed by atoms with E-state index in [4.69, 9.17) is 0 Å². The van der Waals surface area contributed by atoms with Gasteiger partial charge in [0.25, 0.3) is 0 Å². The van der Waals surface area contributed by atoms with Gasteiger partial charge < -0.3 is 25.8 Å². The van der Waals surface area contributed by atoms with Crippen molar-refractivity contribution in [3.05, 3.63) is 35.4 Å². The van der Waals surface area contributed by atoms with Crippen molar-refractivity contribution in [3.63, 3.8) is 0 Å². The van der Waals surface area contributed by atoms with Gasteiger partial charge in [0.1, 0.15) is 12.1 Å². The minimum absolute atomic E-state index is 0.00529. The van der Waals surface area contributed by atoms with E-state index in [0.717, 1.165) is 38.5 Å². The van der Waals surface area contributed by atoms with Crippen LogP contribution in [0.4, 0.5) is 0 Å². The summed E-state index contributed by atoms with van der Waals surface area (Å²) in [5.74, 6) is -0.382. The molecule has 1 unspecified atom stereocenters. The number of benzene rings is 1. The van der Waals surface area contributed by atoms with Crippen molar-refractivity contribution in [2.24, 2.45) is 0 Å². The third-order valence-electron chi connectivity index (χ3n) is 8.25. The van der Waals surface area contributed by atoms with Gasteiger partial charge in [0, 0.05) is 12.1 Å². The maximum atomic E-state index is 13.8. The Balaban J connectivity index is 1.55. The van der Waals surface area contributed by atoms with E-state index < -0.39 is 18.1 Å². The standard InChI is InChI=1S/C27H41N5O3/c1-17(28-2)25(33)30-23-14-12-19(31(3)4)16-20-13-15-24(32(20)27(23)35)26(34)29-22-11-7-9-18-8-5-6-10-21(18)22/h5-6,8,10,17,19-20,22-24,28H,7,9,11-16H2,1-4H3,(H,29,34)(H,30,33)/t17-,19?,20+,22+,23-,24-/m0/s1. The van der Waals surface area contributed by atoms with E-state index >= 15 is 0 Å². The number of rotatable bonds is 6. The summed E-state index contributed by atoms with van der Waals surface area (Å²) in [4.78, 5) is 44.1. The fourth-order valence-corrected chi connectivity index (χ4v) is 6.00. The molecule has 3 N–H and O–H groups in total. The molecule has 1 aromatic carbocycles. The highest BCUT2D eigenvalue weighted by Gasteiger charge is 2.46. The molecule has 0 radical (unpaired) electrons. The largest absolute Gasteiger partial charge is 0.347 e. The second-order valence-corrected chi connectivity index (χ2v) is 10.6. The third-order valence-corrected chi connectivity index (χ3v) is 8.25. The van der Waals surface area contributed by atoms with Crippen LogP contribution in [0, 0.1) is 0 Å². The average Bonchev–Trinajstić information content (AvgIpc) is 3.27. The number of nitrogens with one attached hydrogen (secondary N) is 3. The highest BCUT2D eigenvalue weighted by atomic mass is 16.2. The SMILES string of the molecule is CN[C@@H](C)C(=O)N[C@H]1CCC(N(C)C)C[C@H]2CC[C@@H](C(=O)N[C@@H]3CCCc4ccccc43)N2C1=O. The summed E-state index contributed by atoms with van der Waals surface area (Å²) >= 11 is 0. The lowest BCUT2D eigenvalue weighted by Gasteiger charge is -2.39. The molecule has 6 atom stereocenters. The Morgan fingerprint density at radius 1 is 1.03 bits per heavy atom. The minimum atomic E-state index is -0.618. The first-order chi connectivity index (χ1) is 16.8. The van der Waals surface area contributed by atoms with Gasteiger partial charge in [0.2, 0.25) is 17.7 Å². The van der Waals surface area contributed by atoms with Gasteiger partial charge in [-0.25, -0.2) is 0 Å². The number of likely N-dealkylation sites (N-methyl/N-ethyl adjacent to an activating group) is 1. The molecule has 8 nitrogen and oxygen atoms in total. The van der Waals surface area contributed by atoms with Gasteiger partial charge in [-0.05, 0) is 90.6 Å². The monoisotopic (exact) mass is 483 g/mol. The van der Waals surface area contributed by atoms with Crippen LogP contribution in [-0.4, -0.2) is 78.9 Å². The molecule has 2 saturated heterocycles. The molecule has 35 heavy (non-hydrogen) atoms. The van der Waals surface area contributed by atoms with Crippen molar-refractivity contribution in [2.75, 3.05) is 21.1 Å². The number of aryl methyl sites for hydroxylation is 1. The number of carbonyl (C=O) groups excluding carboxylic acids is 3. The number of hydrogen-bond donors (Lipinski definition) is 3. The zero-order chi connectivity index (χ0) is 25.1. The molecule has 0 spiro atoms. The van der Waals surface area contributed by atoms with E-state index in [1.165, 1.54) is 11.1 Å². The Morgan fingerprint density at radius 3 is 2.54 bits per heavy atom. The van der Waals surface area contributed by atoms with Crippen LogP contribution in [0.1, 0.15) is 69.0 Å². The zero-order valence-electron chi connectivity index (χ0n) is 21.5. The van der Waals surface area contributed by atoms with Crippen molar-refractivity contribution in [2.45, 2.75) is 94.5 Å². The maximum absolute atomic E-state index is 13.8. The lowest BCUT2D eigenvalue weighted by Crippen LogP contribution is -2.59. The van der Waals surface area contributed by atoms with Gasteiger partial charge in [-0.1, -0.05) is 24.3 Å². The van der Waals surface area contributed by atoms with Gasteiger partial charge in [0.05, 0.1) is 12.1 Å². The molecule has 1 aliphatic carbocycles. The van der Waals surface area contributed by atoms with E-state index in [1.54, 1.807) is 14.0 Å². The molecule has 0 bridgehead atoms. The number of nitrogens with zero attached hydrogens (tertiary/aromatic N) is 2. The summed E-state index contributed by atoms with van der Waals surface area (Å²) in [5, 5.41) is 9.19. The lowest BCUT2D eigenvalue weighted by atomic mass is 9.87. The predicted molar refractivity (Wildman–Crippen MR) is 136 cm³/mol. The van der Waals surface area contributed by atoms with Crippen LogP contribution in [0.5, 0.6) is 0 Å². The predicted octanol–water partition coefficient (Wildman–Crippen LogP) is 1.75. The fourth-order valence-electron chi connectivity index (χ4n) is 6.00. The molecule has 2 heterocycles. The maximum Gasteiger partial charge on any atom is 0.246 e. The summed E-state index contributed by atoms with van der Waals surface area (Å²) in [6.45, 7) is 1.78. The quantitative estimate of drug-likeness (QED) is 0.573. The first-order valence-electron chi connectivity index (χ1n) is 13.1. The van der Waals surface area contributed by atoms with Crippen LogP contribution in [0.2, 0.25) is 0 Å². The number of carbonyl (C=O) groups is 3. The van der Waals surface area contributed by atoms with Gasteiger partial charge >= 0.3 is 0 Å². The van der Waals surface area contributed by atoms with E-state index in [1.807, 2.05) is 17.0 Å². The molecule has 2 aliphatic heterocycles. The lowest BCUT2D eigenvalue weighted by molar-refractivity contribution is -0.145. The van der Waals surface area contributed by atoms with Gasteiger partial charge in [-0.15, -0.1) is 0 Å². The van der Waals surface area contributed by atoms with E-state index in [2.05, 4.69) is 47.1 Å². The molecule has 3 aliphatic rings. The first-order valence-corrected chi connectivity index (χ1v) is 13.1.